The van der Waals surface area contributed by atoms with Crippen molar-refractivity contribution in [2.45, 2.75) is 33.1 Å². The van der Waals surface area contributed by atoms with Crippen molar-refractivity contribution in [2.24, 2.45) is 5.73 Å². The Hall–Kier alpha value is -0.870. The molecular formula is C14H20BrNO2. The zero-order valence-corrected chi connectivity index (χ0v) is 12.9. The smallest absolute Gasteiger partial charge is 0.168 e. The number of rotatable bonds is 5. The van der Waals surface area contributed by atoms with Crippen molar-refractivity contribution >= 4 is 21.7 Å². The van der Waals surface area contributed by atoms with E-state index in [1.807, 2.05) is 13.0 Å². The molecule has 18 heavy (non-hydrogen) atoms. The van der Waals surface area contributed by atoms with Gasteiger partial charge in [-0.3, -0.25) is 4.79 Å². The van der Waals surface area contributed by atoms with Crippen LogP contribution in [0.25, 0.3) is 0 Å². The summed E-state index contributed by atoms with van der Waals surface area (Å²) >= 11 is 3.51. The van der Waals surface area contributed by atoms with Crippen LogP contribution in [0.1, 0.15) is 47.7 Å². The van der Waals surface area contributed by atoms with Gasteiger partial charge in [-0.2, -0.15) is 0 Å². The Morgan fingerprint density at radius 2 is 2.11 bits per heavy atom. The topological polar surface area (TPSA) is 52.3 Å². The highest BCUT2D eigenvalue weighted by molar-refractivity contribution is 9.10. The van der Waals surface area contributed by atoms with Gasteiger partial charge < -0.3 is 10.5 Å². The van der Waals surface area contributed by atoms with Crippen LogP contribution in [0.2, 0.25) is 0 Å². The Kier molecular flexibility index (Phi) is 5.35. The predicted molar refractivity (Wildman–Crippen MR) is 77.5 cm³/mol. The highest BCUT2D eigenvalue weighted by atomic mass is 79.9. The molecule has 0 atom stereocenters. The van der Waals surface area contributed by atoms with Gasteiger partial charge in [0.25, 0.3) is 0 Å². The van der Waals surface area contributed by atoms with Crippen molar-refractivity contribution in [1.82, 2.24) is 0 Å². The average Bonchev–Trinajstić information content (AvgIpc) is 2.31. The first-order valence-electron chi connectivity index (χ1n) is 6.04. The zero-order chi connectivity index (χ0) is 13.9. The number of benzene rings is 1. The number of nitrogens with two attached hydrogens (primary N) is 1. The van der Waals surface area contributed by atoms with Crippen LogP contribution in [0, 0.1) is 6.92 Å². The Bertz CT molecular complexity index is 456. The summed E-state index contributed by atoms with van der Waals surface area (Å²) in [7, 11) is 1.60. The fourth-order valence-electron chi connectivity index (χ4n) is 1.98. The van der Waals surface area contributed by atoms with Crippen molar-refractivity contribution in [3.8, 4) is 5.75 Å². The predicted octanol–water partition coefficient (Wildman–Crippen LogP) is 3.42. The van der Waals surface area contributed by atoms with Gasteiger partial charge in [0.1, 0.15) is 5.75 Å². The van der Waals surface area contributed by atoms with Gasteiger partial charge >= 0.3 is 0 Å². The summed E-state index contributed by atoms with van der Waals surface area (Å²) in [5.74, 6) is 1.01. The molecule has 0 aliphatic carbocycles. The minimum absolute atomic E-state index is 0.0371. The molecule has 0 radical (unpaired) electrons. The van der Waals surface area contributed by atoms with Crippen molar-refractivity contribution in [3.05, 3.63) is 27.2 Å². The summed E-state index contributed by atoms with van der Waals surface area (Å²) in [4.78, 5) is 12.2. The van der Waals surface area contributed by atoms with Crippen molar-refractivity contribution in [3.63, 3.8) is 0 Å². The number of halogens is 1. The SMILES string of the molecule is COc1c(C(C)C)cc(Br)c(C)c1C(=O)CCN. The molecule has 0 saturated carbocycles. The minimum Gasteiger partial charge on any atom is -0.496 e. The molecule has 0 spiro atoms. The molecule has 2 N–H and O–H groups in total. The van der Waals surface area contributed by atoms with Crippen LogP contribution in [-0.4, -0.2) is 19.4 Å². The second-order valence-electron chi connectivity index (χ2n) is 4.60. The first-order chi connectivity index (χ1) is 8.43. The van der Waals surface area contributed by atoms with E-state index >= 15 is 0 Å². The van der Waals surface area contributed by atoms with Gasteiger partial charge in [0.05, 0.1) is 12.7 Å². The Balaban J connectivity index is 3.50. The molecule has 0 aliphatic rings. The molecule has 0 unspecified atom stereocenters. The van der Waals surface area contributed by atoms with E-state index in [0.717, 1.165) is 15.6 Å². The largest absolute Gasteiger partial charge is 0.496 e. The second kappa shape index (κ2) is 6.34. The monoisotopic (exact) mass is 313 g/mol. The van der Waals surface area contributed by atoms with Crippen LogP contribution in [0.3, 0.4) is 0 Å². The van der Waals surface area contributed by atoms with E-state index in [9.17, 15) is 4.79 Å². The molecule has 3 nitrogen and oxygen atoms in total. The van der Waals surface area contributed by atoms with E-state index in [1.54, 1.807) is 7.11 Å². The van der Waals surface area contributed by atoms with E-state index in [1.165, 1.54) is 0 Å². The van der Waals surface area contributed by atoms with Crippen LogP contribution < -0.4 is 10.5 Å². The number of hydrogen-bond donors (Lipinski definition) is 1. The number of ether oxygens (including phenoxy) is 1. The fraction of sp³-hybridized carbons (Fsp3) is 0.500. The lowest BCUT2D eigenvalue weighted by Crippen LogP contribution is -2.12. The van der Waals surface area contributed by atoms with E-state index in [2.05, 4.69) is 29.8 Å². The van der Waals surface area contributed by atoms with Crippen LogP contribution in [0.4, 0.5) is 0 Å². The quantitative estimate of drug-likeness (QED) is 0.847. The van der Waals surface area contributed by atoms with E-state index in [-0.39, 0.29) is 5.78 Å². The Morgan fingerprint density at radius 3 is 2.56 bits per heavy atom. The van der Waals surface area contributed by atoms with E-state index in [0.29, 0.717) is 30.2 Å². The fourth-order valence-corrected chi connectivity index (χ4v) is 2.43. The molecule has 0 fully saturated rings. The first-order valence-corrected chi connectivity index (χ1v) is 6.83. The lowest BCUT2D eigenvalue weighted by atomic mass is 9.93. The van der Waals surface area contributed by atoms with E-state index < -0.39 is 0 Å². The molecule has 1 aromatic carbocycles. The number of hydrogen-bond acceptors (Lipinski definition) is 3. The molecule has 0 heterocycles. The zero-order valence-electron chi connectivity index (χ0n) is 11.3. The molecule has 0 aliphatic heterocycles. The van der Waals surface area contributed by atoms with Crippen LogP contribution in [0.5, 0.6) is 5.75 Å². The molecule has 0 aromatic heterocycles. The van der Waals surface area contributed by atoms with Crippen molar-refractivity contribution < 1.29 is 9.53 Å². The molecule has 100 valence electrons. The third-order valence-corrected chi connectivity index (χ3v) is 3.80. The van der Waals surface area contributed by atoms with Crippen LogP contribution in [-0.2, 0) is 0 Å². The molecular weight excluding hydrogens is 294 g/mol. The lowest BCUT2D eigenvalue weighted by molar-refractivity contribution is 0.0981. The van der Waals surface area contributed by atoms with Gasteiger partial charge in [-0.1, -0.05) is 29.8 Å². The summed E-state index contributed by atoms with van der Waals surface area (Å²) in [6.45, 7) is 6.43. The van der Waals surface area contributed by atoms with E-state index in [4.69, 9.17) is 10.5 Å². The van der Waals surface area contributed by atoms with Gasteiger partial charge in [-0.05, 0) is 36.6 Å². The second-order valence-corrected chi connectivity index (χ2v) is 5.45. The summed E-state index contributed by atoms with van der Waals surface area (Å²) in [5.41, 5.74) is 8.07. The van der Waals surface area contributed by atoms with Gasteiger partial charge in [0.2, 0.25) is 0 Å². The van der Waals surface area contributed by atoms with Gasteiger partial charge in [-0.15, -0.1) is 0 Å². The normalized spacial score (nSPS) is 10.8. The summed E-state index contributed by atoms with van der Waals surface area (Å²) in [6, 6.07) is 2.03. The summed E-state index contributed by atoms with van der Waals surface area (Å²) in [5, 5.41) is 0. The molecule has 0 bridgehead atoms. The highest BCUT2D eigenvalue weighted by Crippen LogP contribution is 2.37. The molecule has 0 saturated heterocycles. The summed E-state index contributed by atoms with van der Waals surface area (Å²) < 4.78 is 6.40. The maximum atomic E-state index is 12.2. The van der Waals surface area contributed by atoms with Crippen molar-refractivity contribution in [1.29, 1.82) is 0 Å². The number of carbonyl (C=O) groups excluding carboxylic acids is 1. The Morgan fingerprint density at radius 1 is 1.50 bits per heavy atom. The van der Waals surface area contributed by atoms with Gasteiger partial charge in [0, 0.05) is 10.9 Å². The number of Topliss-reactive ketones (excluding diaryl/α,β-unsaturated/α-hetero) is 1. The molecule has 1 rings (SSSR count). The van der Waals surface area contributed by atoms with Gasteiger partial charge in [0.15, 0.2) is 5.78 Å². The highest BCUT2D eigenvalue weighted by Gasteiger charge is 2.21. The third kappa shape index (κ3) is 2.93. The van der Waals surface area contributed by atoms with Gasteiger partial charge in [-0.25, -0.2) is 0 Å². The average molecular weight is 314 g/mol. The first kappa shape index (κ1) is 15.2. The molecule has 4 heteroatoms. The standard InChI is InChI=1S/C14H20BrNO2/c1-8(2)10-7-11(15)9(3)13(14(10)18-4)12(17)5-6-16/h7-8H,5-6,16H2,1-4H3. The summed E-state index contributed by atoms with van der Waals surface area (Å²) in [6.07, 6.45) is 0.338. The number of carbonyl (C=O) groups is 1. The Labute approximate surface area is 117 Å². The molecule has 0 amide bonds. The van der Waals surface area contributed by atoms with Crippen LogP contribution in [0.15, 0.2) is 10.5 Å². The minimum atomic E-state index is 0.0371. The maximum absolute atomic E-state index is 12.2. The molecule has 1 aromatic rings. The van der Waals surface area contributed by atoms with Crippen LogP contribution >= 0.6 is 15.9 Å². The lowest BCUT2D eigenvalue weighted by Gasteiger charge is -2.18. The van der Waals surface area contributed by atoms with Crippen molar-refractivity contribution in [2.75, 3.05) is 13.7 Å². The third-order valence-electron chi connectivity index (χ3n) is 2.98. The number of ketones is 1. The maximum Gasteiger partial charge on any atom is 0.168 e. The number of methoxy groups -OCH3 is 1.